The number of halogens is 1. The summed E-state index contributed by atoms with van der Waals surface area (Å²) in [5.41, 5.74) is 4.38. The van der Waals surface area contributed by atoms with E-state index in [1.807, 2.05) is 42.5 Å². The Labute approximate surface area is 117 Å². The van der Waals surface area contributed by atoms with Gasteiger partial charge in [0.25, 0.3) is 0 Å². The lowest BCUT2D eigenvalue weighted by Gasteiger charge is -2.12. The standard InChI is InChI=1S/C16H15ClO2/c17-15-3-1-2-11(6-15)7-16(18)12-4-5-13-9-19-10-14(13)8-12/h1-6,8,16,18H,7,9-10H2. The van der Waals surface area contributed by atoms with E-state index < -0.39 is 6.10 Å². The summed E-state index contributed by atoms with van der Waals surface area (Å²) in [4.78, 5) is 0. The topological polar surface area (TPSA) is 29.5 Å². The molecule has 0 saturated carbocycles. The van der Waals surface area contributed by atoms with Crippen molar-refractivity contribution in [3.05, 3.63) is 69.7 Å². The molecule has 0 amide bonds. The van der Waals surface area contributed by atoms with Gasteiger partial charge < -0.3 is 9.84 Å². The molecule has 0 radical (unpaired) electrons. The largest absolute Gasteiger partial charge is 0.388 e. The Morgan fingerprint density at radius 1 is 1.11 bits per heavy atom. The van der Waals surface area contributed by atoms with Crippen molar-refractivity contribution in [2.75, 3.05) is 0 Å². The van der Waals surface area contributed by atoms with E-state index in [0.29, 0.717) is 24.7 Å². The van der Waals surface area contributed by atoms with Crippen LogP contribution in [0.3, 0.4) is 0 Å². The first-order valence-corrected chi connectivity index (χ1v) is 6.72. The zero-order valence-corrected chi connectivity index (χ0v) is 11.2. The van der Waals surface area contributed by atoms with Gasteiger partial charge in [0.15, 0.2) is 0 Å². The average Bonchev–Trinajstić information content (AvgIpc) is 2.85. The normalized spacial score (nSPS) is 15.3. The second kappa shape index (κ2) is 5.33. The summed E-state index contributed by atoms with van der Waals surface area (Å²) >= 11 is 5.95. The van der Waals surface area contributed by atoms with Crippen LogP contribution in [0.15, 0.2) is 42.5 Å². The molecule has 0 aliphatic carbocycles. The van der Waals surface area contributed by atoms with Crippen LogP contribution in [0.25, 0.3) is 0 Å². The van der Waals surface area contributed by atoms with Crippen molar-refractivity contribution in [1.82, 2.24) is 0 Å². The van der Waals surface area contributed by atoms with E-state index >= 15 is 0 Å². The lowest BCUT2D eigenvalue weighted by molar-refractivity contribution is 0.134. The minimum absolute atomic E-state index is 0.510. The summed E-state index contributed by atoms with van der Waals surface area (Å²) < 4.78 is 5.38. The number of hydrogen-bond donors (Lipinski definition) is 1. The van der Waals surface area contributed by atoms with Crippen molar-refractivity contribution < 1.29 is 9.84 Å². The summed E-state index contributed by atoms with van der Waals surface area (Å²) in [5, 5.41) is 11.0. The molecule has 1 atom stereocenters. The molecule has 19 heavy (non-hydrogen) atoms. The first-order valence-electron chi connectivity index (χ1n) is 6.34. The first kappa shape index (κ1) is 12.7. The first-order chi connectivity index (χ1) is 9.22. The highest BCUT2D eigenvalue weighted by Crippen LogP contribution is 2.26. The van der Waals surface area contributed by atoms with E-state index in [4.69, 9.17) is 16.3 Å². The Kier molecular flexibility index (Phi) is 3.56. The Balaban J connectivity index is 1.78. The van der Waals surface area contributed by atoms with Crippen LogP contribution in [0.5, 0.6) is 0 Å². The molecule has 1 unspecified atom stereocenters. The molecule has 3 rings (SSSR count). The molecule has 0 aromatic heterocycles. The predicted molar refractivity (Wildman–Crippen MR) is 75.1 cm³/mol. The van der Waals surface area contributed by atoms with Gasteiger partial charge in [0.2, 0.25) is 0 Å². The quantitative estimate of drug-likeness (QED) is 0.926. The molecule has 0 fully saturated rings. The Hall–Kier alpha value is -1.35. The van der Waals surface area contributed by atoms with Gasteiger partial charge in [0.05, 0.1) is 19.3 Å². The van der Waals surface area contributed by atoms with E-state index in [9.17, 15) is 5.11 Å². The van der Waals surface area contributed by atoms with Gasteiger partial charge in [-0.05, 0) is 34.4 Å². The SMILES string of the molecule is OC(Cc1cccc(Cl)c1)c1ccc2c(c1)COC2. The van der Waals surface area contributed by atoms with Gasteiger partial charge in [-0.15, -0.1) is 0 Å². The minimum Gasteiger partial charge on any atom is -0.388 e. The van der Waals surface area contributed by atoms with E-state index in [1.54, 1.807) is 0 Å². The van der Waals surface area contributed by atoms with Gasteiger partial charge in [0.1, 0.15) is 0 Å². The minimum atomic E-state index is -0.510. The number of benzene rings is 2. The zero-order chi connectivity index (χ0) is 13.2. The third-order valence-electron chi connectivity index (χ3n) is 3.45. The lowest BCUT2D eigenvalue weighted by Crippen LogP contribution is -2.02. The highest BCUT2D eigenvalue weighted by molar-refractivity contribution is 6.30. The van der Waals surface area contributed by atoms with Crippen LogP contribution < -0.4 is 0 Å². The highest BCUT2D eigenvalue weighted by atomic mass is 35.5. The molecule has 1 heterocycles. The van der Waals surface area contributed by atoms with Crippen LogP contribution in [0.2, 0.25) is 5.02 Å². The maximum absolute atomic E-state index is 10.3. The molecule has 1 N–H and O–H groups in total. The fourth-order valence-corrected chi connectivity index (χ4v) is 2.62. The Morgan fingerprint density at radius 3 is 2.79 bits per heavy atom. The second-order valence-corrected chi connectivity index (χ2v) is 5.31. The van der Waals surface area contributed by atoms with Crippen molar-refractivity contribution in [1.29, 1.82) is 0 Å². The molecule has 2 nitrogen and oxygen atoms in total. The maximum atomic E-state index is 10.3. The van der Waals surface area contributed by atoms with E-state index in [2.05, 4.69) is 0 Å². The molecule has 0 bridgehead atoms. The number of aliphatic hydroxyl groups excluding tert-OH is 1. The van der Waals surface area contributed by atoms with E-state index in [-0.39, 0.29) is 0 Å². The van der Waals surface area contributed by atoms with Crippen molar-refractivity contribution in [2.24, 2.45) is 0 Å². The molecular weight excluding hydrogens is 260 g/mol. The third-order valence-corrected chi connectivity index (χ3v) is 3.68. The maximum Gasteiger partial charge on any atom is 0.0830 e. The van der Waals surface area contributed by atoms with Crippen LogP contribution in [-0.4, -0.2) is 5.11 Å². The molecule has 3 heteroatoms. The van der Waals surface area contributed by atoms with Crippen LogP contribution >= 0.6 is 11.6 Å². The second-order valence-electron chi connectivity index (χ2n) is 4.87. The van der Waals surface area contributed by atoms with E-state index in [0.717, 1.165) is 11.1 Å². The molecule has 98 valence electrons. The molecule has 0 saturated heterocycles. The average molecular weight is 275 g/mol. The van der Waals surface area contributed by atoms with E-state index in [1.165, 1.54) is 11.1 Å². The number of ether oxygens (including phenoxy) is 1. The van der Waals surface area contributed by atoms with Gasteiger partial charge in [-0.1, -0.05) is 41.9 Å². The van der Waals surface area contributed by atoms with Crippen molar-refractivity contribution >= 4 is 11.6 Å². The van der Waals surface area contributed by atoms with Crippen LogP contribution in [0, 0.1) is 0 Å². The number of rotatable bonds is 3. The summed E-state index contributed by atoms with van der Waals surface area (Å²) in [6.45, 7) is 1.33. The van der Waals surface area contributed by atoms with Crippen LogP contribution in [0.4, 0.5) is 0 Å². The fraction of sp³-hybridized carbons (Fsp3) is 0.250. The van der Waals surface area contributed by atoms with Crippen LogP contribution in [0.1, 0.15) is 28.4 Å². The monoisotopic (exact) mass is 274 g/mol. The zero-order valence-electron chi connectivity index (χ0n) is 10.5. The highest BCUT2D eigenvalue weighted by Gasteiger charge is 2.15. The molecule has 2 aromatic carbocycles. The molecule has 1 aliphatic rings. The molecule has 0 spiro atoms. The molecule has 2 aromatic rings. The van der Waals surface area contributed by atoms with Crippen molar-refractivity contribution in [3.8, 4) is 0 Å². The lowest BCUT2D eigenvalue weighted by atomic mass is 9.98. The summed E-state index contributed by atoms with van der Waals surface area (Å²) in [6.07, 6.45) is 0.0598. The molecular formula is C16H15ClO2. The Morgan fingerprint density at radius 2 is 1.95 bits per heavy atom. The van der Waals surface area contributed by atoms with Gasteiger partial charge >= 0.3 is 0 Å². The van der Waals surface area contributed by atoms with Gasteiger partial charge in [-0.2, -0.15) is 0 Å². The predicted octanol–water partition coefficient (Wildman–Crippen LogP) is 3.65. The number of fused-ring (bicyclic) bond motifs is 1. The number of hydrogen-bond acceptors (Lipinski definition) is 2. The Bertz CT molecular complexity index is 595. The van der Waals surface area contributed by atoms with Crippen molar-refractivity contribution in [3.63, 3.8) is 0 Å². The summed E-state index contributed by atoms with van der Waals surface area (Å²) in [6, 6.07) is 13.7. The summed E-state index contributed by atoms with van der Waals surface area (Å²) in [7, 11) is 0. The van der Waals surface area contributed by atoms with Gasteiger partial charge in [-0.3, -0.25) is 0 Å². The smallest absolute Gasteiger partial charge is 0.0830 e. The third kappa shape index (κ3) is 2.81. The fourth-order valence-electron chi connectivity index (χ4n) is 2.40. The van der Waals surface area contributed by atoms with Gasteiger partial charge in [0, 0.05) is 11.4 Å². The van der Waals surface area contributed by atoms with Gasteiger partial charge in [-0.25, -0.2) is 0 Å². The van der Waals surface area contributed by atoms with Crippen LogP contribution in [-0.2, 0) is 24.4 Å². The summed E-state index contributed by atoms with van der Waals surface area (Å²) in [5.74, 6) is 0. The molecule has 1 aliphatic heterocycles. The number of aliphatic hydroxyl groups is 1. The van der Waals surface area contributed by atoms with Crippen molar-refractivity contribution in [2.45, 2.75) is 25.7 Å².